The third-order valence-electron chi connectivity index (χ3n) is 7.10. The average molecular weight is 579 g/mol. The van der Waals surface area contributed by atoms with Gasteiger partial charge in [0.1, 0.15) is 21.5 Å². The molecule has 208 valence electrons. The maximum atomic E-state index is 13.7. The summed E-state index contributed by atoms with van der Waals surface area (Å²) in [4.78, 5) is 48.1. The van der Waals surface area contributed by atoms with Crippen LogP contribution >= 0.6 is 24.0 Å². The molecule has 2 aromatic heterocycles. The van der Waals surface area contributed by atoms with Crippen molar-refractivity contribution in [1.82, 2.24) is 14.3 Å². The summed E-state index contributed by atoms with van der Waals surface area (Å²) in [5.41, 5.74) is 1.63. The summed E-state index contributed by atoms with van der Waals surface area (Å²) in [6.45, 7) is 3.67. The number of nitrogens with zero attached hydrogens (tertiary/aromatic N) is 4. The van der Waals surface area contributed by atoms with E-state index in [1.165, 1.54) is 16.2 Å². The third kappa shape index (κ3) is 5.75. The number of carbonyl (C=O) groups is 2. The molecule has 0 radical (unpaired) electrons. The van der Waals surface area contributed by atoms with Gasteiger partial charge in [-0.25, -0.2) is 4.98 Å². The number of benzene rings is 1. The molecule has 0 N–H and O–H groups in total. The first-order valence-corrected chi connectivity index (χ1v) is 14.4. The van der Waals surface area contributed by atoms with Crippen molar-refractivity contribution in [3.05, 3.63) is 75.0 Å². The number of hydrogen-bond donors (Lipinski definition) is 0. The predicted molar refractivity (Wildman–Crippen MR) is 160 cm³/mol. The molecule has 11 heteroatoms. The number of aromatic nitrogens is 2. The summed E-state index contributed by atoms with van der Waals surface area (Å²) in [6.07, 6.45) is 5.11. The normalized spacial score (nSPS) is 17.2. The van der Waals surface area contributed by atoms with Crippen LogP contribution in [-0.2, 0) is 20.7 Å². The van der Waals surface area contributed by atoms with Crippen molar-refractivity contribution in [2.24, 2.45) is 5.92 Å². The fourth-order valence-corrected chi connectivity index (χ4v) is 6.19. The molecule has 40 heavy (non-hydrogen) atoms. The quantitative estimate of drug-likeness (QED) is 0.224. The van der Waals surface area contributed by atoms with Crippen molar-refractivity contribution >= 4 is 57.7 Å². The largest absolute Gasteiger partial charge is 0.497 e. The second-order valence-electron chi connectivity index (χ2n) is 9.53. The number of amides is 1. The topological polar surface area (TPSA) is 93.5 Å². The molecule has 0 unspecified atom stereocenters. The smallest absolute Gasteiger partial charge is 0.309 e. The van der Waals surface area contributed by atoms with E-state index in [0.717, 1.165) is 11.3 Å². The number of methoxy groups -OCH3 is 1. The van der Waals surface area contributed by atoms with Gasteiger partial charge in [-0.15, -0.1) is 0 Å². The molecule has 1 amide bonds. The number of thioether (sulfide) groups is 1. The molecule has 0 atom stereocenters. The molecule has 0 spiro atoms. The highest BCUT2D eigenvalue weighted by atomic mass is 32.2. The minimum atomic E-state index is -0.267. The summed E-state index contributed by atoms with van der Waals surface area (Å²) < 4.78 is 12.3. The zero-order valence-corrected chi connectivity index (χ0v) is 24.0. The molecule has 2 aliphatic rings. The van der Waals surface area contributed by atoms with Crippen LogP contribution in [0.4, 0.5) is 5.82 Å². The van der Waals surface area contributed by atoms with Crippen LogP contribution in [0.3, 0.4) is 0 Å². The SMILES string of the molecule is CCOC(=O)C1CCN(c2nc3ccccn3c(=O)c2C=C2SC(=S)N(CCc3ccc(OC)cc3)C2=O)CC1. The van der Waals surface area contributed by atoms with Gasteiger partial charge in [-0.2, -0.15) is 0 Å². The Hall–Kier alpha value is -3.70. The lowest BCUT2D eigenvalue weighted by Gasteiger charge is -2.32. The molecule has 9 nitrogen and oxygen atoms in total. The molecule has 0 bridgehead atoms. The van der Waals surface area contributed by atoms with Crippen molar-refractivity contribution in [1.29, 1.82) is 0 Å². The number of anilines is 1. The van der Waals surface area contributed by atoms with Crippen molar-refractivity contribution in [3.63, 3.8) is 0 Å². The van der Waals surface area contributed by atoms with Crippen LogP contribution in [-0.4, -0.2) is 63.8 Å². The fraction of sp³-hybridized carbons (Fsp3) is 0.345. The molecular formula is C29H30N4O5S2. The minimum Gasteiger partial charge on any atom is -0.497 e. The Labute approximate surface area is 241 Å². The number of pyridine rings is 1. The van der Waals surface area contributed by atoms with E-state index in [1.54, 1.807) is 43.3 Å². The Balaban J connectivity index is 1.41. The Morgan fingerprint density at radius 1 is 1.15 bits per heavy atom. The van der Waals surface area contributed by atoms with Crippen molar-refractivity contribution in [3.8, 4) is 5.75 Å². The van der Waals surface area contributed by atoms with E-state index in [4.69, 9.17) is 26.7 Å². The van der Waals surface area contributed by atoms with Gasteiger partial charge in [-0.3, -0.25) is 23.7 Å². The minimum absolute atomic E-state index is 0.178. The summed E-state index contributed by atoms with van der Waals surface area (Å²) in [5.74, 6) is 0.680. The lowest BCUT2D eigenvalue weighted by Crippen LogP contribution is -2.39. The molecule has 2 fully saturated rings. The number of ether oxygens (including phenoxy) is 2. The van der Waals surface area contributed by atoms with E-state index in [1.807, 2.05) is 35.2 Å². The summed E-state index contributed by atoms with van der Waals surface area (Å²) in [6, 6.07) is 13.1. The highest BCUT2D eigenvalue weighted by Gasteiger charge is 2.33. The maximum absolute atomic E-state index is 13.7. The number of carbonyl (C=O) groups excluding carboxylic acids is 2. The Morgan fingerprint density at radius 2 is 1.90 bits per heavy atom. The van der Waals surface area contributed by atoms with Gasteiger partial charge >= 0.3 is 5.97 Å². The monoisotopic (exact) mass is 578 g/mol. The first-order chi connectivity index (χ1) is 19.4. The first-order valence-electron chi connectivity index (χ1n) is 13.2. The molecular weight excluding hydrogens is 548 g/mol. The zero-order valence-electron chi connectivity index (χ0n) is 22.4. The zero-order chi connectivity index (χ0) is 28.2. The standard InChI is InChI=1S/C29H30N4O5S2/c1-3-38-28(36)20-12-15-31(16-13-20)25-22(26(34)32-14-5-4-6-24(32)30-25)18-23-27(35)33(29(39)40-23)17-11-19-7-9-21(37-2)10-8-19/h4-10,14,18,20H,3,11-13,15-17H2,1-2H3. The van der Waals surface area contributed by atoms with Gasteiger partial charge in [-0.05, 0) is 62.1 Å². The molecule has 4 heterocycles. The van der Waals surface area contributed by atoms with Crippen LogP contribution in [0.15, 0.2) is 58.4 Å². The second kappa shape index (κ2) is 12.2. The van der Waals surface area contributed by atoms with Crippen LogP contribution in [0, 0.1) is 5.92 Å². The van der Waals surface area contributed by atoms with Crippen LogP contribution in [0.1, 0.15) is 30.9 Å². The summed E-state index contributed by atoms with van der Waals surface area (Å²) in [5, 5.41) is 0. The van der Waals surface area contributed by atoms with Crippen LogP contribution < -0.4 is 15.2 Å². The van der Waals surface area contributed by atoms with Gasteiger partial charge in [0.15, 0.2) is 0 Å². The van der Waals surface area contributed by atoms with Gasteiger partial charge in [0, 0.05) is 25.8 Å². The van der Waals surface area contributed by atoms with Gasteiger partial charge < -0.3 is 14.4 Å². The van der Waals surface area contributed by atoms with E-state index >= 15 is 0 Å². The van der Waals surface area contributed by atoms with E-state index < -0.39 is 0 Å². The molecule has 0 aliphatic carbocycles. The molecule has 0 saturated carbocycles. The Bertz CT molecular complexity index is 1530. The van der Waals surface area contributed by atoms with E-state index in [9.17, 15) is 14.4 Å². The highest BCUT2D eigenvalue weighted by Crippen LogP contribution is 2.34. The summed E-state index contributed by atoms with van der Waals surface area (Å²) in [7, 11) is 1.62. The maximum Gasteiger partial charge on any atom is 0.309 e. The first kappa shape index (κ1) is 27.9. The van der Waals surface area contributed by atoms with Gasteiger partial charge in [-0.1, -0.05) is 42.2 Å². The molecule has 3 aromatic rings. The van der Waals surface area contributed by atoms with E-state index in [-0.39, 0.29) is 23.4 Å². The van der Waals surface area contributed by atoms with E-state index in [2.05, 4.69) is 0 Å². The lowest BCUT2D eigenvalue weighted by molar-refractivity contribution is -0.148. The second-order valence-corrected chi connectivity index (χ2v) is 11.2. The van der Waals surface area contributed by atoms with Crippen molar-refractivity contribution in [2.45, 2.75) is 26.2 Å². The molecule has 5 rings (SSSR count). The van der Waals surface area contributed by atoms with Crippen LogP contribution in [0.5, 0.6) is 5.75 Å². The molecule has 2 saturated heterocycles. The van der Waals surface area contributed by atoms with Crippen LogP contribution in [0.25, 0.3) is 11.7 Å². The number of piperidine rings is 1. The number of hydrogen-bond acceptors (Lipinski definition) is 9. The van der Waals surface area contributed by atoms with Gasteiger partial charge in [0.2, 0.25) is 0 Å². The Kier molecular flexibility index (Phi) is 8.51. The fourth-order valence-electron chi connectivity index (χ4n) is 4.90. The molecule has 1 aromatic carbocycles. The highest BCUT2D eigenvalue weighted by molar-refractivity contribution is 8.26. The average Bonchev–Trinajstić information content (AvgIpc) is 3.25. The lowest BCUT2D eigenvalue weighted by atomic mass is 9.96. The van der Waals surface area contributed by atoms with E-state index in [0.29, 0.717) is 71.8 Å². The number of fused-ring (bicyclic) bond motifs is 1. The van der Waals surface area contributed by atoms with Gasteiger partial charge in [0.05, 0.1) is 30.1 Å². The number of rotatable bonds is 8. The van der Waals surface area contributed by atoms with Crippen molar-refractivity contribution in [2.75, 3.05) is 38.3 Å². The number of esters is 1. The number of thiocarbonyl (C=S) groups is 1. The summed E-state index contributed by atoms with van der Waals surface area (Å²) >= 11 is 6.74. The Morgan fingerprint density at radius 3 is 2.60 bits per heavy atom. The third-order valence-corrected chi connectivity index (χ3v) is 8.47. The predicted octanol–water partition coefficient (Wildman–Crippen LogP) is 3.93. The van der Waals surface area contributed by atoms with Crippen molar-refractivity contribution < 1.29 is 19.1 Å². The van der Waals surface area contributed by atoms with Gasteiger partial charge in [0.25, 0.3) is 11.5 Å². The van der Waals surface area contributed by atoms with Crippen LogP contribution in [0.2, 0.25) is 0 Å². The molecule has 2 aliphatic heterocycles.